The van der Waals surface area contributed by atoms with Crippen molar-refractivity contribution in [2.75, 3.05) is 12.3 Å². The van der Waals surface area contributed by atoms with Gasteiger partial charge in [-0.1, -0.05) is 20.8 Å². The molecule has 2 aromatic heterocycles. The van der Waals surface area contributed by atoms with Crippen molar-refractivity contribution in [2.24, 2.45) is 5.41 Å². The average molecular weight is 389 g/mol. The van der Waals surface area contributed by atoms with Gasteiger partial charge in [0.05, 0.1) is 18.7 Å². The molecule has 3 rings (SSSR count). The van der Waals surface area contributed by atoms with Crippen LogP contribution in [-0.4, -0.2) is 55.7 Å². The molecule has 150 valence electrons. The number of ether oxygens (including phenoxy) is 2. The molecule has 1 aliphatic heterocycles. The SMILES string of the molecule is CC(C)(C)CC(=O)O[C@@H]1[C@H](O)[C@@H](CO)O[C@@]1(C#N)c1ccc2c(N)ncnn12. The summed E-state index contributed by atoms with van der Waals surface area (Å²) < 4.78 is 12.6. The third kappa shape index (κ3) is 3.28. The Balaban J connectivity index is 2.08. The number of anilines is 1. The summed E-state index contributed by atoms with van der Waals surface area (Å²) in [5.74, 6) is -0.402. The molecule has 1 fully saturated rings. The predicted octanol–water partition coefficient (Wildman–Crippen LogP) is 0.130. The highest BCUT2D eigenvalue weighted by atomic mass is 16.6. The number of aromatic nitrogens is 3. The molecule has 1 aliphatic rings. The number of aliphatic hydroxyl groups is 2. The zero-order chi connectivity index (χ0) is 20.7. The first-order chi connectivity index (χ1) is 13.1. The maximum Gasteiger partial charge on any atom is 0.306 e. The third-order valence-corrected chi connectivity index (χ3v) is 4.57. The average Bonchev–Trinajstić information content (AvgIpc) is 3.15. The topological polar surface area (TPSA) is 156 Å². The van der Waals surface area contributed by atoms with Gasteiger partial charge in [-0.3, -0.25) is 4.79 Å². The Kier molecular flexibility index (Phi) is 5.01. The van der Waals surface area contributed by atoms with Crippen molar-refractivity contribution in [3.8, 4) is 6.07 Å². The van der Waals surface area contributed by atoms with E-state index in [1.807, 2.05) is 26.8 Å². The van der Waals surface area contributed by atoms with Gasteiger partial charge < -0.3 is 25.4 Å². The second-order valence-electron chi connectivity index (χ2n) is 7.99. The number of nitrogen functional groups attached to an aromatic ring is 1. The van der Waals surface area contributed by atoms with Crippen molar-refractivity contribution in [1.29, 1.82) is 5.26 Å². The van der Waals surface area contributed by atoms with E-state index in [0.29, 0.717) is 5.52 Å². The van der Waals surface area contributed by atoms with Gasteiger partial charge in [-0.2, -0.15) is 10.4 Å². The number of esters is 1. The molecule has 0 aromatic carbocycles. The Hall–Kier alpha value is -2.74. The fraction of sp³-hybridized carbons (Fsp3) is 0.556. The Morgan fingerprint density at radius 2 is 2.21 bits per heavy atom. The van der Waals surface area contributed by atoms with Crippen molar-refractivity contribution in [1.82, 2.24) is 14.6 Å². The number of rotatable bonds is 4. The van der Waals surface area contributed by atoms with Gasteiger partial charge in [0.2, 0.25) is 5.60 Å². The molecule has 2 aromatic rings. The molecular weight excluding hydrogens is 366 g/mol. The minimum Gasteiger partial charge on any atom is -0.455 e. The Morgan fingerprint density at radius 1 is 1.50 bits per heavy atom. The molecule has 0 saturated carbocycles. The number of hydrogen-bond donors (Lipinski definition) is 3. The van der Waals surface area contributed by atoms with Gasteiger partial charge in [0, 0.05) is 0 Å². The normalized spacial score (nSPS) is 27.6. The van der Waals surface area contributed by atoms with Gasteiger partial charge in [0.15, 0.2) is 11.9 Å². The zero-order valence-corrected chi connectivity index (χ0v) is 15.9. The summed E-state index contributed by atoms with van der Waals surface area (Å²) in [4.78, 5) is 16.3. The fourth-order valence-electron chi connectivity index (χ4n) is 3.31. The van der Waals surface area contributed by atoms with E-state index in [-0.39, 0.29) is 23.3 Å². The highest BCUT2D eigenvalue weighted by Gasteiger charge is 2.60. The maximum atomic E-state index is 12.4. The summed E-state index contributed by atoms with van der Waals surface area (Å²) in [6, 6.07) is 5.15. The van der Waals surface area contributed by atoms with Crippen LogP contribution in [0, 0.1) is 16.7 Å². The molecule has 1 saturated heterocycles. The first-order valence-corrected chi connectivity index (χ1v) is 8.79. The smallest absolute Gasteiger partial charge is 0.306 e. The predicted molar refractivity (Wildman–Crippen MR) is 96.6 cm³/mol. The number of fused-ring (bicyclic) bond motifs is 1. The van der Waals surface area contributed by atoms with Crippen molar-refractivity contribution in [3.05, 3.63) is 24.2 Å². The van der Waals surface area contributed by atoms with E-state index >= 15 is 0 Å². The maximum absolute atomic E-state index is 12.4. The van der Waals surface area contributed by atoms with Crippen LogP contribution in [0.25, 0.3) is 5.52 Å². The van der Waals surface area contributed by atoms with Crippen LogP contribution in [-0.2, 0) is 19.9 Å². The number of nitrogens with zero attached hydrogens (tertiary/aromatic N) is 4. The molecule has 0 unspecified atom stereocenters. The molecule has 4 atom stereocenters. The second-order valence-corrected chi connectivity index (χ2v) is 7.99. The molecule has 0 aliphatic carbocycles. The minimum absolute atomic E-state index is 0.0749. The number of carbonyl (C=O) groups excluding carboxylic acids is 1. The highest BCUT2D eigenvalue weighted by Crippen LogP contribution is 2.42. The van der Waals surface area contributed by atoms with Gasteiger partial charge in [0.25, 0.3) is 0 Å². The first kappa shape index (κ1) is 20.0. The van der Waals surface area contributed by atoms with Crippen LogP contribution in [0.3, 0.4) is 0 Å². The first-order valence-electron chi connectivity index (χ1n) is 8.79. The van der Waals surface area contributed by atoms with Crippen molar-refractivity contribution < 1.29 is 24.5 Å². The quantitative estimate of drug-likeness (QED) is 0.618. The number of nitrogens with two attached hydrogens (primary N) is 1. The molecule has 4 N–H and O–H groups in total. The Labute approximate surface area is 161 Å². The molecule has 0 spiro atoms. The second kappa shape index (κ2) is 7.01. The molecule has 10 heteroatoms. The Bertz CT molecular complexity index is 931. The van der Waals surface area contributed by atoms with E-state index in [2.05, 4.69) is 10.1 Å². The van der Waals surface area contributed by atoms with E-state index in [1.54, 1.807) is 12.1 Å². The van der Waals surface area contributed by atoms with Crippen molar-refractivity contribution >= 4 is 17.3 Å². The number of carbonyl (C=O) groups is 1. The van der Waals surface area contributed by atoms with E-state index in [9.17, 15) is 20.3 Å². The lowest BCUT2D eigenvalue weighted by Crippen LogP contribution is -2.44. The summed E-state index contributed by atoms with van der Waals surface area (Å²) in [6.45, 7) is 5.04. The van der Waals surface area contributed by atoms with Crippen LogP contribution in [0.4, 0.5) is 5.82 Å². The summed E-state index contributed by atoms with van der Waals surface area (Å²) in [6.07, 6.45) is -2.59. The standard InChI is InChI=1S/C18H23N5O5/c1-17(2,3)6-13(25)27-15-14(26)11(7-24)28-18(15,8-19)12-5-4-10-16(20)21-9-22-23(10)12/h4-5,9,11,14-15,24,26H,6-7H2,1-3H3,(H2,20,21,22)/t11-,14-,15-,18+/m1/s1. The molecule has 0 amide bonds. The van der Waals surface area contributed by atoms with Gasteiger partial charge in [0.1, 0.15) is 30.1 Å². The van der Waals surface area contributed by atoms with Crippen molar-refractivity contribution in [3.63, 3.8) is 0 Å². The molecular formula is C18H23N5O5. The summed E-state index contributed by atoms with van der Waals surface area (Å²) in [5.41, 5.74) is 4.25. The largest absolute Gasteiger partial charge is 0.455 e. The fourth-order valence-corrected chi connectivity index (χ4v) is 3.31. The van der Waals surface area contributed by atoms with Crippen LogP contribution < -0.4 is 5.73 Å². The highest BCUT2D eigenvalue weighted by molar-refractivity contribution is 5.71. The summed E-state index contributed by atoms with van der Waals surface area (Å²) in [5, 5.41) is 34.3. The zero-order valence-electron chi connectivity index (χ0n) is 15.9. The molecule has 10 nitrogen and oxygen atoms in total. The van der Waals surface area contributed by atoms with E-state index in [1.165, 1.54) is 10.8 Å². The molecule has 28 heavy (non-hydrogen) atoms. The van der Waals surface area contributed by atoms with Crippen LogP contribution in [0.15, 0.2) is 18.5 Å². The van der Waals surface area contributed by atoms with E-state index < -0.39 is 36.5 Å². The van der Waals surface area contributed by atoms with Crippen LogP contribution in [0.1, 0.15) is 32.9 Å². The Morgan fingerprint density at radius 3 is 2.82 bits per heavy atom. The van der Waals surface area contributed by atoms with E-state index in [4.69, 9.17) is 15.2 Å². The molecule has 0 radical (unpaired) electrons. The lowest BCUT2D eigenvalue weighted by atomic mass is 9.90. The monoisotopic (exact) mass is 389 g/mol. The number of nitriles is 1. The van der Waals surface area contributed by atoms with Gasteiger partial charge in [-0.05, 0) is 17.5 Å². The van der Waals surface area contributed by atoms with Crippen LogP contribution in [0.5, 0.6) is 0 Å². The van der Waals surface area contributed by atoms with E-state index in [0.717, 1.165) is 0 Å². The summed E-state index contributed by atoms with van der Waals surface area (Å²) >= 11 is 0. The van der Waals surface area contributed by atoms with Gasteiger partial charge in [-0.25, -0.2) is 9.50 Å². The van der Waals surface area contributed by atoms with Gasteiger partial charge >= 0.3 is 5.97 Å². The number of hydrogen-bond acceptors (Lipinski definition) is 9. The molecule has 3 heterocycles. The van der Waals surface area contributed by atoms with Crippen molar-refractivity contribution in [2.45, 2.75) is 51.1 Å². The van der Waals surface area contributed by atoms with Crippen LogP contribution in [0.2, 0.25) is 0 Å². The minimum atomic E-state index is -1.88. The van der Waals surface area contributed by atoms with Gasteiger partial charge in [-0.15, -0.1) is 0 Å². The molecule has 0 bridgehead atoms. The third-order valence-electron chi connectivity index (χ3n) is 4.57. The lowest BCUT2D eigenvalue weighted by Gasteiger charge is -2.28. The lowest BCUT2D eigenvalue weighted by molar-refractivity contribution is -0.162. The van der Waals surface area contributed by atoms with Crippen LogP contribution >= 0.6 is 0 Å². The summed E-state index contributed by atoms with van der Waals surface area (Å²) in [7, 11) is 0. The number of aliphatic hydroxyl groups excluding tert-OH is 2.